The van der Waals surface area contributed by atoms with Gasteiger partial charge in [0.1, 0.15) is 0 Å². The number of nitrogens with zero attached hydrogens (tertiary/aromatic N) is 1. The first-order valence-corrected chi connectivity index (χ1v) is 4.29. The highest BCUT2D eigenvalue weighted by Crippen LogP contribution is 2.30. The van der Waals surface area contributed by atoms with Crippen molar-refractivity contribution in [3.63, 3.8) is 0 Å². The minimum absolute atomic E-state index is 0.677. The van der Waals surface area contributed by atoms with Gasteiger partial charge in [0.05, 0.1) is 12.7 Å². The second-order valence-corrected chi connectivity index (χ2v) is 2.61. The van der Waals surface area contributed by atoms with Gasteiger partial charge < -0.3 is 9.94 Å². The standard InChI is InChI=1S/C7H4F3NO2.C2H7NO/c8-7(9,10)4-2-1-3-11-5(4)6(12)13;1-3-4-2/h1-3H,(H,12,13);3H,1-2H3. The maximum absolute atomic E-state index is 12.1. The van der Waals surface area contributed by atoms with Crippen molar-refractivity contribution in [2.45, 2.75) is 6.18 Å². The molecule has 0 unspecified atom stereocenters. The van der Waals surface area contributed by atoms with Gasteiger partial charge in [-0.2, -0.15) is 13.2 Å². The highest BCUT2D eigenvalue weighted by molar-refractivity contribution is 5.87. The fourth-order valence-electron chi connectivity index (χ4n) is 0.804. The Morgan fingerprint density at radius 2 is 2.06 bits per heavy atom. The summed E-state index contributed by atoms with van der Waals surface area (Å²) in [7, 11) is 3.28. The fourth-order valence-corrected chi connectivity index (χ4v) is 0.804. The van der Waals surface area contributed by atoms with E-state index in [1.807, 2.05) is 0 Å². The number of hydrogen-bond donors (Lipinski definition) is 2. The van der Waals surface area contributed by atoms with Gasteiger partial charge in [-0.1, -0.05) is 0 Å². The van der Waals surface area contributed by atoms with E-state index in [1.54, 1.807) is 14.2 Å². The highest BCUT2D eigenvalue weighted by atomic mass is 19.4. The number of hydroxylamine groups is 1. The molecule has 17 heavy (non-hydrogen) atoms. The number of rotatable bonds is 2. The van der Waals surface area contributed by atoms with E-state index >= 15 is 0 Å². The SMILES string of the molecule is CNOC.O=C(O)c1ncccc1C(F)(F)F. The van der Waals surface area contributed by atoms with Gasteiger partial charge in [-0.25, -0.2) is 15.3 Å². The molecule has 1 heterocycles. The molecule has 0 fully saturated rings. The number of aromatic nitrogens is 1. The number of aromatic carboxylic acids is 1. The van der Waals surface area contributed by atoms with Crippen molar-refractivity contribution in [2.75, 3.05) is 14.2 Å². The number of pyridine rings is 1. The average molecular weight is 252 g/mol. The molecule has 0 bridgehead atoms. The second-order valence-electron chi connectivity index (χ2n) is 2.61. The Balaban J connectivity index is 0.000000557. The summed E-state index contributed by atoms with van der Waals surface area (Å²) in [6, 6.07) is 1.71. The fraction of sp³-hybridized carbons (Fsp3) is 0.333. The molecule has 0 amide bonds. The molecule has 0 saturated carbocycles. The van der Waals surface area contributed by atoms with Crippen LogP contribution in [0.25, 0.3) is 0 Å². The van der Waals surface area contributed by atoms with Crippen LogP contribution in [0.1, 0.15) is 16.1 Å². The van der Waals surface area contributed by atoms with E-state index in [4.69, 9.17) is 5.11 Å². The van der Waals surface area contributed by atoms with Crippen molar-refractivity contribution in [3.05, 3.63) is 29.6 Å². The molecule has 0 spiro atoms. The maximum Gasteiger partial charge on any atom is 0.418 e. The quantitative estimate of drug-likeness (QED) is 0.781. The number of halogens is 3. The summed E-state index contributed by atoms with van der Waals surface area (Å²) in [5, 5.41) is 8.37. The lowest BCUT2D eigenvalue weighted by molar-refractivity contribution is -0.138. The van der Waals surface area contributed by atoms with Crippen LogP contribution in [0.3, 0.4) is 0 Å². The molecule has 96 valence electrons. The Hall–Kier alpha value is -1.67. The lowest BCUT2D eigenvalue weighted by Gasteiger charge is -2.07. The lowest BCUT2D eigenvalue weighted by Crippen LogP contribution is -2.14. The molecule has 1 aromatic heterocycles. The minimum Gasteiger partial charge on any atom is -0.476 e. The molecule has 0 aliphatic carbocycles. The van der Waals surface area contributed by atoms with Gasteiger partial charge in [0, 0.05) is 13.2 Å². The zero-order valence-electron chi connectivity index (χ0n) is 9.08. The summed E-state index contributed by atoms with van der Waals surface area (Å²) in [6.45, 7) is 0. The molecule has 1 aromatic rings. The van der Waals surface area contributed by atoms with Gasteiger partial charge in [-0.05, 0) is 12.1 Å². The van der Waals surface area contributed by atoms with Gasteiger partial charge in [0.2, 0.25) is 0 Å². The smallest absolute Gasteiger partial charge is 0.418 e. The largest absolute Gasteiger partial charge is 0.476 e. The van der Waals surface area contributed by atoms with E-state index in [0.29, 0.717) is 6.07 Å². The summed E-state index contributed by atoms with van der Waals surface area (Å²) < 4.78 is 36.3. The Kier molecular flexibility index (Phi) is 6.15. The Morgan fingerprint density at radius 1 is 1.53 bits per heavy atom. The molecule has 5 nitrogen and oxygen atoms in total. The van der Waals surface area contributed by atoms with Crippen molar-refractivity contribution < 1.29 is 27.9 Å². The Bertz CT molecular complexity index is 367. The second kappa shape index (κ2) is 6.81. The number of hydrogen-bond acceptors (Lipinski definition) is 4. The van der Waals surface area contributed by atoms with Gasteiger partial charge in [0.15, 0.2) is 5.69 Å². The van der Waals surface area contributed by atoms with Crippen LogP contribution in [0, 0.1) is 0 Å². The third-order valence-corrected chi connectivity index (χ3v) is 1.52. The van der Waals surface area contributed by atoms with E-state index in [0.717, 1.165) is 12.3 Å². The van der Waals surface area contributed by atoms with Crippen molar-refractivity contribution >= 4 is 5.97 Å². The number of carboxylic acid groups (broad SMARTS) is 1. The van der Waals surface area contributed by atoms with Gasteiger partial charge >= 0.3 is 12.1 Å². The molecule has 0 radical (unpaired) electrons. The van der Waals surface area contributed by atoms with Gasteiger partial charge in [-0.15, -0.1) is 0 Å². The van der Waals surface area contributed by atoms with E-state index in [1.165, 1.54) is 0 Å². The van der Waals surface area contributed by atoms with Gasteiger partial charge in [0.25, 0.3) is 0 Å². The maximum atomic E-state index is 12.1. The van der Waals surface area contributed by atoms with E-state index in [-0.39, 0.29) is 0 Å². The first kappa shape index (κ1) is 15.3. The number of alkyl halides is 3. The molecule has 1 rings (SSSR count). The minimum atomic E-state index is -4.68. The molecule has 8 heteroatoms. The summed E-state index contributed by atoms with van der Waals surface area (Å²) in [5.74, 6) is -1.69. The van der Waals surface area contributed by atoms with Crippen LogP contribution in [-0.4, -0.2) is 30.2 Å². The molecule has 0 aliphatic heterocycles. The summed E-state index contributed by atoms with van der Waals surface area (Å²) >= 11 is 0. The van der Waals surface area contributed by atoms with Gasteiger partial charge in [-0.3, -0.25) is 0 Å². The zero-order chi connectivity index (χ0) is 13.5. The van der Waals surface area contributed by atoms with Crippen molar-refractivity contribution in [1.82, 2.24) is 10.5 Å². The molecule has 2 N–H and O–H groups in total. The molecule has 0 saturated heterocycles. The molecule has 0 aliphatic rings. The predicted octanol–water partition coefficient (Wildman–Crippen LogP) is 1.57. The predicted molar refractivity (Wildman–Crippen MR) is 52.3 cm³/mol. The van der Waals surface area contributed by atoms with Crippen molar-refractivity contribution in [1.29, 1.82) is 0 Å². The number of carbonyl (C=O) groups is 1. The molecule has 0 atom stereocenters. The first-order valence-electron chi connectivity index (χ1n) is 4.29. The van der Waals surface area contributed by atoms with Crippen LogP contribution in [-0.2, 0) is 11.0 Å². The van der Waals surface area contributed by atoms with Crippen LogP contribution >= 0.6 is 0 Å². The van der Waals surface area contributed by atoms with Crippen LogP contribution in [0.15, 0.2) is 18.3 Å². The van der Waals surface area contributed by atoms with Crippen LogP contribution in [0.2, 0.25) is 0 Å². The monoisotopic (exact) mass is 252 g/mol. The number of nitrogens with one attached hydrogen (secondary N) is 1. The zero-order valence-corrected chi connectivity index (χ0v) is 9.08. The van der Waals surface area contributed by atoms with Crippen molar-refractivity contribution in [3.8, 4) is 0 Å². The third kappa shape index (κ3) is 5.27. The highest BCUT2D eigenvalue weighted by Gasteiger charge is 2.35. The summed E-state index contributed by atoms with van der Waals surface area (Å²) in [6.07, 6.45) is -3.68. The molecular formula is C9H11F3N2O3. The molecular weight excluding hydrogens is 241 g/mol. The Morgan fingerprint density at radius 3 is 2.35 bits per heavy atom. The Labute approximate surface area is 95.2 Å². The number of carboxylic acids is 1. The normalized spacial score (nSPS) is 10.4. The summed E-state index contributed by atoms with van der Waals surface area (Å²) in [5.41, 5.74) is 0.220. The topological polar surface area (TPSA) is 71.5 Å². The lowest BCUT2D eigenvalue weighted by atomic mass is 10.2. The van der Waals surface area contributed by atoms with Crippen LogP contribution in [0.5, 0.6) is 0 Å². The van der Waals surface area contributed by atoms with Crippen molar-refractivity contribution in [2.24, 2.45) is 0 Å². The third-order valence-electron chi connectivity index (χ3n) is 1.52. The molecule has 0 aromatic carbocycles. The van der Waals surface area contributed by atoms with Crippen LogP contribution in [0.4, 0.5) is 13.2 Å². The van der Waals surface area contributed by atoms with E-state index in [2.05, 4.69) is 15.3 Å². The first-order chi connectivity index (χ1) is 7.84. The van der Waals surface area contributed by atoms with E-state index < -0.39 is 23.4 Å². The summed E-state index contributed by atoms with van der Waals surface area (Å²) in [4.78, 5) is 17.7. The van der Waals surface area contributed by atoms with E-state index in [9.17, 15) is 18.0 Å². The van der Waals surface area contributed by atoms with Crippen LogP contribution < -0.4 is 5.48 Å². The average Bonchev–Trinajstić information content (AvgIpc) is 2.28.